The first-order chi connectivity index (χ1) is 12.6. The van der Waals surface area contributed by atoms with Crippen LogP contribution in [0.2, 0.25) is 0 Å². The Morgan fingerprint density at radius 2 is 1.81 bits per heavy atom. The maximum atomic E-state index is 12.9. The van der Waals surface area contributed by atoms with Gasteiger partial charge in [-0.1, -0.05) is 50.3 Å². The van der Waals surface area contributed by atoms with Crippen molar-refractivity contribution in [2.75, 3.05) is 0 Å². The molecular formula is C21H29N3O2. The fourth-order valence-electron chi connectivity index (χ4n) is 3.88. The predicted octanol–water partition coefficient (Wildman–Crippen LogP) is 3.44. The van der Waals surface area contributed by atoms with Crippen LogP contribution in [0.3, 0.4) is 0 Å². The molecule has 5 heteroatoms. The number of benzene rings is 1. The van der Waals surface area contributed by atoms with E-state index in [2.05, 4.69) is 15.6 Å². The number of H-pyrrole nitrogens is 1. The smallest absolute Gasteiger partial charge is 0.243 e. The van der Waals surface area contributed by atoms with Crippen LogP contribution in [0, 0.1) is 0 Å². The monoisotopic (exact) mass is 355 g/mol. The first kappa shape index (κ1) is 18.5. The molecule has 1 aliphatic carbocycles. The molecule has 0 radical (unpaired) electrons. The molecule has 3 rings (SSSR count). The van der Waals surface area contributed by atoms with Gasteiger partial charge in [-0.3, -0.25) is 9.59 Å². The molecular weight excluding hydrogens is 326 g/mol. The minimum Gasteiger partial charge on any atom is -0.361 e. The Morgan fingerprint density at radius 3 is 2.54 bits per heavy atom. The van der Waals surface area contributed by atoms with Crippen molar-refractivity contribution in [1.82, 2.24) is 15.6 Å². The molecule has 1 atom stereocenters. The van der Waals surface area contributed by atoms with Crippen LogP contribution in [0.25, 0.3) is 10.9 Å². The number of hydrogen-bond acceptors (Lipinski definition) is 2. The van der Waals surface area contributed by atoms with Crippen molar-refractivity contribution < 1.29 is 9.59 Å². The topological polar surface area (TPSA) is 74.0 Å². The Bertz CT molecular complexity index is 745. The van der Waals surface area contributed by atoms with E-state index in [0.29, 0.717) is 6.42 Å². The number of para-hydroxylation sites is 1. The molecule has 140 valence electrons. The van der Waals surface area contributed by atoms with Crippen LogP contribution < -0.4 is 10.6 Å². The molecule has 5 nitrogen and oxygen atoms in total. The molecule has 2 aromatic rings. The third-order valence-electron chi connectivity index (χ3n) is 5.24. The molecule has 0 spiro atoms. The molecule has 1 fully saturated rings. The molecule has 26 heavy (non-hydrogen) atoms. The van der Waals surface area contributed by atoms with Crippen LogP contribution >= 0.6 is 0 Å². The normalized spacial score (nSPS) is 17.3. The summed E-state index contributed by atoms with van der Waals surface area (Å²) < 4.78 is 0. The summed E-state index contributed by atoms with van der Waals surface area (Å²) in [5.41, 5.74) is 2.09. The van der Waals surface area contributed by atoms with Crippen molar-refractivity contribution in [2.24, 2.45) is 0 Å². The van der Waals surface area contributed by atoms with E-state index in [1.165, 1.54) is 26.2 Å². The number of amides is 2. The van der Waals surface area contributed by atoms with Gasteiger partial charge in [-0.2, -0.15) is 0 Å². The lowest BCUT2D eigenvalue weighted by Gasteiger charge is -2.24. The van der Waals surface area contributed by atoms with Gasteiger partial charge in [-0.15, -0.1) is 0 Å². The van der Waals surface area contributed by atoms with Gasteiger partial charge in [0.05, 0.1) is 0 Å². The minimum atomic E-state index is -0.544. The van der Waals surface area contributed by atoms with Crippen LogP contribution in [0.5, 0.6) is 0 Å². The summed E-state index contributed by atoms with van der Waals surface area (Å²) in [4.78, 5) is 27.8. The molecule has 0 aliphatic heterocycles. The van der Waals surface area contributed by atoms with E-state index in [0.717, 1.165) is 42.1 Å². The highest BCUT2D eigenvalue weighted by atomic mass is 16.2. The van der Waals surface area contributed by atoms with Crippen molar-refractivity contribution in [3.63, 3.8) is 0 Å². The number of rotatable bonds is 5. The van der Waals surface area contributed by atoms with Gasteiger partial charge >= 0.3 is 0 Å². The summed E-state index contributed by atoms with van der Waals surface area (Å²) in [6, 6.07) is 7.70. The average Bonchev–Trinajstić information content (AvgIpc) is 2.99. The lowest BCUT2D eigenvalue weighted by Crippen LogP contribution is -2.50. The first-order valence-electron chi connectivity index (χ1n) is 9.76. The lowest BCUT2D eigenvalue weighted by atomic mass is 9.96. The molecule has 0 saturated heterocycles. The minimum absolute atomic E-state index is 0.0731. The van der Waals surface area contributed by atoms with Gasteiger partial charge in [-0.05, 0) is 24.5 Å². The number of carbonyl (C=O) groups excluding carboxylic acids is 2. The quantitative estimate of drug-likeness (QED) is 0.768. The molecule has 1 heterocycles. The number of carbonyl (C=O) groups is 2. The zero-order valence-corrected chi connectivity index (χ0v) is 15.5. The third-order valence-corrected chi connectivity index (χ3v) is 5.24. The summed E-state index contributed by atoms with van der Waals surface area (Å²) in [5, 5.41) is 7.12. The van der Waals surface area contributed by atoms with Crippen LogP contribution in [-0.2, 0) is 16.0 Å². The van der Waals surface area contributed by atoms with Crippen molar-refractivity contribution in [3.8, 4) is 0 Å². The molecule has 1 aliphatic rings. The number of aromatic nitrogens is 1. The van der Waals surface area contributed by atoms with E-state index < -0.39 is 6.04 Å². The summed E-state index contributed by atoms with van der Waals surface area (Å²) in [5.74, 6) is -0.251. The molecule has 1 aromatic heterocycles. The van der Waals surface area contributed by atoms with E-state index in [1.54, 1.807) is 0 Å². The number of fused-ring (bicyclic) bond motifs is 1. The summed E-state index contributed by atoms with van der Waals surface area (Å²) in [6.07, 6.45) is 10.6. The Labute approximate surface area is 154 Å². The second kappa shape index (κ2) is 8.88. The molecule has 1 aromatic carbocycles. The highest BCUT2D eigenvalue weighted by molar-refractivity contribution is 5.89. The predicted molar refractivity (Wildman–Crippen MR) is 104 cm³/mol. The maximum absolute atomic E-state index is 12.9. The van der Waals surface area contributed by atoms with E-state index in [-0.39, 0.29) is 17.9 Å². The highest BCUT2D eigenvalue weighted by Gasteiger charge is 2.24. The van der Waals surface area contributed by atoms with Crippen molar-refractivity contribution >= 4 is 22.7 Å². The fourth-order valence-corrected chi connectivity index (χ4v) is 3.88. The summed E-state index contributed by atoms with van der Waals surface area (Å²) in [7, 11) is 0. The molecule has 0 unspecified atom stereocenters. The average molecular weight is 355 g/mol. The van der Waals surface area contributed by atoms with Crippen LogP contribution in [0.4, 0.5) is 0 Å². The summed E-state index contributed by atoms with van der Waals surface area (Å²) in [6.45, 7) is 1.46. The van der Waals surface area contributed by atoms with Gasteiger partial charge in [0.1, 0.15) is 6.04 Å². The SMILES string of the molecule is CC(=O)N[C@H](Cc1c[nH]c2ccccc12)C(=O)NC1CCCCCCC1. The van der Waals surface area contributed by atoms with Gasteiger partial charge in [0.2, 0.25) is 11.8 Å². The van der Waals surface area contributed by atoms with Crippen LogP contribution in [-0.4, -0.2) is 28.9 Å². The van der Waals surface area contributed by atoms with E-state index in [9.17, 15) is 9.59 Å². The number of hydrogen-bond donors (Lipinski definition) is 3. The molecule has 2 amide bonds. The van der Waals surface area contributed by atoms with Crippen molar-refractivity contribution in [3.05, 3.63) is 36.0 Å². The third kappa shape index (κ3) is 4.87. The summed E-state index contributed by atoms with van der Waals surface area (Å²) >= 11 is 0. The van der Waals surface area contributed by atoms with E-state index in [1.807, 2.05) is 30.5 Å². The Balaban J connectivity index is 1.70. The number of nitrogens with one attached hydrogen (secondary N) is 3. The van der Waals surface area contributed by atoms with Gasteiger partial charge in [0.25, 0.3) is 0 Å². The highest BCUT2D eigenvalue weighted by Crippen LogP contribution is 2.20. The van der Waals surface area contributed by atoms with Gasteiger partial charge in [-0.25, -0.2) is 0 Å². The molecule has 1 saturated carbocycles. The number of aromatic amines is 1. The molecule has 3 N–H and O–H groups in total. The van der Waals surface area contributed by atoms with Gasteiger partial charge in [0.15, 0.2) is 0 Å². The van der Waals surface area contributed by atoms with Crippen LogP contribution in [0.15, 0.2) is 30.5 Å². The van der Waals surface area contributed by atoms with Crippen molar-refractivity contribution in [2.45, 2.75) is 70.4 Å². The molecule has 0 bridgehead atoms. The Kier molecular flexibility index (Phi) is 6.31. The van der Waals surface area contributed by atoms with Crippen molar-refractivity contribution in [1.29, 1.82) is 0 Å². The maximum Gasteiger partial charge on any atom is 0.243 e. The first-order valence-corrected chi connectivity index (χ1v) is 9.76. The Hall–Kier alpha value is -2.30. The van der Waals surface area contributed by atoms with Crippen LogP contribution in [0.1, 0.15) is 57.4 Å². The Morgan fingerprint density at radius 1 is 1.12 bits per heavy atom. The van der Waals surface area contributed by atoms with E-state index >= 15 is 0 Å². The lowest BCUT2D eigenvalue weighted by molar-refractivity contribution is -0.128. The van der Waals surface area contributed by atoms with Gasteiger partial charge < -0.3 is 15.6 Å². The zero-order chi connectivity index (χ0) is 18.4. The van der Waals surface area contributed by atoms with E-state index in [4.69, 9.17) is 0 Å². The fraction of sp³-hybridized carbons (Fsp3) is 0.524. The second-order valence-electron chi connectivity index (χ2n) is 7.37. The second-order valence-corrected chi connectivity index (χ2v) is 7.37. The zero-order valence-electron chi connectivity index (χ0n) is 15.5. The van der Waals surface area contributed by atoms with Gasteiger partial charge in [0, 0.05) is 36.5 Å². The largest absolute Gasteiger partial charge is 0.361 e. The standard InChI is InChI=1S/C21H29N3O2/c1-15(25)23-20(13-16-14-22-19-12-8-7-11-18(16)19)21(26)24-17-9-5-3-2-4-6-10-17/h7-8,11-12,14,17,20,22H,2-6,9-10,13H2,1H3,(H,23,25)(H,24,26)/t20-/m1/s1.